The van der Waals surface area contributed by atoms with Crippen LogP contribution in [0.2, 0.25) is 5.02 Å². The van der Waals surface area contributed by atoms with Crippen LogP contribution < -0.4 is 15.0 Å². The van der Waals surface area contributed by atoms with E-state index in [1.165, 1.54) is 16.8 Å². The topological polar surface area (TPSA) is 101 Å². The number of hydrogen-bond donors (Lipinski definition) is 1. The van der Waals surface area contributed by atoms with Gasteiger partial charge in [0.15, 0.2) is 6.61 Å². The molecule has 1 atom stereocenters. The zero-order valence-corrected chi connectivity index (χ0v) is 19.3. The Balaban J connectivity index is 1.76. The first-order valence-corrected chi connectivity index (χ1v) is 10.3. The number of carbonyl (C=O) groups excluding carboxylic acids is 3. The van der Waals surface area contributed by atoms with E-state index in [4.69, 9.17) is 21.1 Å². The van der Waals surface area contributed by atoms with Crippen molar-refractivity contribution in [1.29, 1.82) is 0 Å². The molecular weight excluding hydrogens is 436 g/mol. The zero-order valence-electron chi connectivity index (χ0n) is 18.5. The second kappa shape index (κ2) is 9.04. The van der Waals surface area contributed by atoms with Crippen molar-refractivity contribution >= 4 is 46.7 Å². The molecule has 1 unspecified atom stereocenters. The highest BCUT2D eigenvalue weighted by atomic mass is 35.5. The number of nitrogens with zero attached hydrogens (tertiary/aromatic N) is 3. The van der Waals surface area contributed by atoms with Gasteiger partial charge in [-0.25, -0.2) is 4.79 Å². The van der Waals surface area contributed by atoms with Crippen LogP contribution >= 0.6 is 11.6 Å². The summed E-state index contributed by atoms with van der Waals surface area (Å²) in [5.41, 5.74) is 0.391. The molecular formula is C22H25ClN4O5. The maximum atomic E-state index is 12.6. The molecule has 0 radical (unpaired) electrons. The third kappa shape index (κ3) is 5.28. The van der Waals surface area contributed by atoms with Crippen LogP contribution in [0.3, 0.4) is 0 Å². The van der Waals surface area contributed by atoms with Crippen molar-refractivity contribution in [3.8, 4) is 5.88 Å². The van der Waals surface area contributed by atoms with Crippen LogP contribution in [-0.4, -0.2) is 53.1 Å². The minimum atomic E-state index is -0.809. The van der Waals surface area contributed by atoms with Crippen molar-refractivity contribution < 1.29 is 23.9 Å². The molecule has 10 heteroatoms. The molecule has 0 saturated carbocycles. The number of amides is 3. The van der Waals surface area contributed by atoms with Crippen LogP contribution in [0.4, 0.5) is 22.0 Å². The molecule has 1 aliphatic rings. The molecule has 1 aliphatic heterocycles. The first kappa shape index (κ1) is 23.3. The summed E-state index contributed by atoms with van der Waals surface area (Å²) in [7, 11) is 1.48. The summed E-state index contributed by atoms with van der Waals surface area (Å²) in [6.45, 7) is 6.63. The summed E-state index contributed by atoms with van der Waals surface area (Å²) in [5, 5.41) is 3.22. The molecule has 1 aromatic heterocycles. The lowest BCUT2D eigenvalue weighted by Crippen LogP contribution is -2.45. The number of fused-ring (bicyclic) bond motifs is 1. The number of pyridine rings is 1. The van der Waals surface area contributed by atoms with Gasteiger partial charge < -0.3 is 14.8 Å². The SMILES string of the molecule is CC(C(=O)Nc1ccc2c(n1)OCC(=O)N2c1ccc(Cl)cc1)N(C)C(=O)OC(C)(C)C. The molecule has 0 bridgehead atoms. The van der Waals surface area contributed by atoms with Crippen LogP contribution in [0.25, 0.3) is 0 Å². The number of benzene rings is 1. The summed E-state index contributed by atoms with van der Waals surface area (Å²) in [6.07, 6.45) is -0.612. The molecule has 3 rings (SSSR count). The van der Waals surface area contributed by atoms with E-state index in [9.17, 15) is 14.4 Å². The largest absolute Gasteiger partial charge is 0.466 e. The third-order valence-electron chi connectivity index (χ3n) is 4.64. The van der Waals surface area contributed by atoms with Gasteiger partial charge in [0.25, 0.3) is 5.91 Å². The van der Waals surface area contributed by atoms with E-state index >= 15 is 0 Å². The number of anilines is 3. The molecule has 1 aromatic carbocycles. The van der Waals surface area contributed by atoms with Crippen molar-refractivity contribution in [2.24, 2.45) is 0 Å². The molecule has 0 fully saturated rings. The zero-order chi connectivity index (χ0) is 23.6. The number of rotatable bonds is 4. The number of likely N-dealkylation sites (N-methyl/N-ethyl adjacent to an activating group) is 1. The Morgan fingerprint density at radius 3 is 2.50 bits per heavy atom. The Morgan fingerprint density at radius 2 is 1.88 bits per heavy atom. The van der Waals surface area contributed by atoms with Crippen LogP contribution in [0.5, 0.6) is 5.88 Å². The van der Waals surface area contributed by atoms with Gasteiger partial charge in [-0.2, -0.15) is 4.98 Å². The van der Waals surface area contributed by atoms with Gasteiger partial charge in [0.1, 0.15) is 23.1 Å². The lowest BCUT2D eigenvalue weighted by Gasteiger charge is -2.29. The van der Waals surface area contributed by atoms with Crippen molar-refractivity contribution in [3.63, 3.8) is 0 Å². The molecule has 0 saturated heterocycles. The number of halogens is 1. The Hall–Kier alpha value is -3.33. The fourth-order valence-corrected chi connectivity index (χ4v) is 3.01. The molecule has 3 amide bonds. The van der Waals surface area contributed by atoms with Gasteiger partial charge in [-0.05, 0) is 64.1 Å². The Kier molecular flexibility index (Phi) is 6.59. The highest BCUT2D eigenvalue weighted by Gasteiger charge is 2.30. The van der Waals surface area contributed by atoms with Gasteiger partial charge in [-0.1, -0.05) is 11.6 Å². The first-order valence-electron chi connectivity index (χ1n) is 9.95. The summed E-state index contributed by atoms with van der Waals surface area (Å²) >= 11 is 5.94. The number of ether oxygens (including phenoxy) is 2. The van der Waals surface area contributed by atoms with E-state index < -0.39 is 23.6 Å². The predicted octanol–water partition coefficient (Wildman–Crippen LogP) is 3.99. The van der Waals surface area contributed by atoms with E-state index in [1.54, 1.807) is 64.1 Å². The summed E-state index contributed by atoms with van der Waals surface area (Å²) < 4.78 is 10.8. The lowest BCUT2D eigenvalue weighted by atomic mass is 10.2. The molecule has 0 spiro atoms. The Bertz CT molecular complexity index is 1040. The lowest BCUT2D eigenvalue weighted by molar-refractivity contribution is -0.121. The van der Waals surface area contributed by atoms with E-state index in [0.29, 0.717) is 16.4 Å². The van der Waals surface area contributed by atoms with Crippen molar-refractivity contribution in [1.82, 2.24) is 9.88 Å². The highest BCUT2D eigenvalue weighted by Crippen LogP contribution is 2.37. The summed E-state index contributed by atoms with van der Waals surface area (Å²) in [4.78, 5) is 44.3. The fourth-order valence-electron chi connectivity index (χ4n) is 2.88. The van der Waals surface area contributed by atoms with E-state index in [1.807, 2.05) is 0 Å². The Labute approximate surface area is 191 Å². The Morgan fingerprint density at radius 1 is 1.22 bits per heavy atom. The van der Waals surface area contributed by atoms with Crippen LogP contribution in [0.15, 0.2) is 36.4 Å². The molecule has 9 nitrogen and oxygen atoms in total. The maximum Gasteiger partial charge on any atom is 0.410 e. The molecule has 32 heavy (non-hydrogen) atoms. The molecule has 170 valence electrons. The van der Waals surface area contributed by atoms with Crippen molar-refractivity contribution in [2.75, 3.05) is 23.9 Å². The van der Waals surface area contributed by atoms with Gasteiger partial charge in [0, 0.05) is 17.8 Å². The monoisotopic (exact) mass is 460 g/mol. The maximum absolute atomic E-state index is 12.6. The fraction of sp³-hybridized carbons (Fsp3) is 0.364. The van der Waals surface area contributed by atoms with Gasteiger partial charge in [0.05, 0.1) is 0 Å². The quantitative estimate of drug-likeness (QED) is 0.740. The predicted molar refractivity (Wildman–Crippen MR) is 120 cm³/mol. The van der Waals surface area contributed by atoms with E-state index in [0.717, 1.165) is 0 Å². The minimum Gasteiger partial charge on any atom is -0.466 e. The average Bonchev–Trinajstić information content (AvgIpc) is 2.72. The van der Waals surface area contributed by atoms with Gasteiger partial charge in [-0.3, -0.25) is 19.4 Å². The van der Waals surface area contributed by atoms with E-state index in [-0.39, 0.29) is 24.2 Å². The highest BCUT2D eigenvalue weighted by molar-refractivity contribution is 6.30. The normalized spacial score (nSPS) is 14.2. The number of carbonyl (C=O) groups is 3. The standard InChI is InChI=1S/C22H25ClN4O5/c1-13(26(5)21(30)32-22(2,3)4)19(29)24-17-11-10-16-20(25-17)31-12-18(28)27(16)15-8-6-14(23)7-9-15/h6-11,13H,12H2,1-5H3,(H,24,25,29). The second-order valence-corrected chi connectivity index (χ2v) is 8.71. The molecule has 2 heterocycles. The number of nitrogens with one attached hydrogen (secondary N) is 1. The number of hydrogen-bond acceptors (Lipinski definition) is 6. The first-order chi connectivity index (χ1) is 15.0. The van der Waals surface area contributed by atoms with Crippen LogP contribution in [0, 0.1) is 0 Å². The molecule has 2 aromatic rings. The van der Waals surface area contributed by atoms with Crippen LogP contribution in [-0.2, 0) is 14.3 Å². The third-order valence-corrected chi connectivity index (χ3v) is 4.89. The van der Waals surface area contributed by atoms with Crippen molar-refractivity contribution in [2.45, 2.75) is 39.3 Å². The summed E-state index contributed by atoms with van der Waals surface area (Å²) in [6, 6.07) is 9.19. The van der Waals surface area contributed by atoms with Gasteiger partial charge in [0.2, 0.25) is 11.8 Å². The average molecular weight is 461 g/mol. The van der Waals surface area contributed by atoms with Gasteiger partial charge >= 0.3 is 6.09 Å². The molecule has 1 N–H and O–H groups in total. The minimum absolute atomic E-state index is 0.197. The van der Waals surface area contributed by atoms with Gasteiger partial charge in [-0.15, -0.1) is 0 Å². The molecule has 0 aliphatic carbocycles. The summed E-state index contributed by atoms with van der Waals surface area (Å²) in [5.74, 6) is -0.285. The van der Waals surface area contributed by atoms with Crippen LogP contribution in [0.1, 0.15) is 27.7 Å². The van der Waals surface area contributed by atoms with E-state index in [2.05, 4.69) is 10.3 Å². The number of aromatic nitrogens is 1. The smallest absolute Gasteiger partial charge is 0.410 e. The van der Waals surface area contributed by atoms with Crippen molar-refractivity contribution in [3.05, 3.63) is 41.4 Å². The second-order valence-electron chi connectivity index (χ2n) is 8.27.